The van der Waals surface area contributed by atoms with Crippen LogP contribution >= 0.6 is 0 Å². The minimum absolute atomic E-state index is 0.0470. The zero-order valence-electron chi connectivity index (χ0n) is 21.9. The van der Waals surface area contributed by atoms with E-state index in [1.807, 2.05) is 73.7 Å². The Labute approximate surface area is 227 Å². The molecule has 9 nitrogen and oxygen atoms in total. The van der Waals surface area contributed by atoms with Crippen molar-refractivity contribution in [3.63, 3.8) is 0 Å². The molecule has 5 rings (SSSR count). The van der Waals surface area contributed by atoms with Crippen LogP contribution < -0.4 is 20.1 Å². The van der Waals surface area contributed by atoms with Crippen LogP contribution in [0.3, 0.4) is 0 Å². The van der Waals surface area contributed by atoms with Crippen LogP contribution in [-0.2, 0) is 17.8 Å². The van der Waals surface area contributed by atoms with E-state index in [1.165, 1.54) is 0 Å². The molecule has 1 unspecified atom stereocenters. The second-order valence-electron chi connectivity index (χ2n) is 9.19. The van der Waals surface area contributed by atoms with Crippen molar-refractivity contribution < 1.29 is 19.4 Å². The molecule has 1 amide bonds. The number of amides is 1. The molecule has 0 spiro atoms. The minimum atomic E-state index is -0.563. The first-order valence-corrected chi connectivity index (χ1v) is 12.8. The first kappa shape index (κ1) is 26.0. The second kappa shape index (κ2) is 11.8. The third kappa shape index (κ3) is 5.78. The maximum Gasteiger partial charge on any atom is 0.255 e. The largest absolute Gasteiger partial charge is 0.495 e. The highest BCUT2D eigenvalue weighted by Crippen LogP contribution is 2.37. The van der Waals surface area contributed by atoms with E-state index in [1.54, 1.807) is 23.9 Å². The number of aliphatic hydroxyl groups excluding tert-OH is 1. The fraction of sp³-hybridized carbons (Fsp3) is 0.233. The Kier molecular flexibility index (Phi) is 7.88. The molecule has 39 heavy (non-hydrogen) atoms. The zero-order chi connectivity index (χ0) is 27.2. The lowest BCUT2D eigenvalue weighted by Crippen LogP contribution is -2.31. The van der Waals surface area contributed by atoms with E-state index < -0.39 is 6.04 Å². The number of carbonyl (C=O) groups is 1. The van der Waals surface area contributed by atoms with Crippen LogP contribution in [0.5, 0.6) is 11.5 Å². The molecule has 3 aromatic carbocycles. The molecule has 9 heteroatoms. The van der Waals surface area contributed by atoms with Gasteiger partial charge >= 0.3 is 0 Å². The van der Waals surface area contributed by atoms with Crippen LogP contribution in [0.15, 0.2) is 90.1 Å². The Morgan fingerprint density at radius 2 is 1.87 bits per heavy atom. The van der Waals surface area contributed by atoms with Crippen molar-refractivity contribution in [2.75, 3.05) is 24.4 Å². The third-order valence-corrected chi connectivity index (χ3v) is 6.48. The molecule has 1 aliphatic rings. The van der Waals surface area contributed by atoms with Gasteiger partial charge in [-0.05, 0) is 48.7 Å². The molecule has 0 fully saturated rings. The topological polar surface area (TPSA) is 111 Å². The molecular weight excluding hydrogens is 494 g/mol. The number of fused-ring (bicyclic) bond motifs is 1. The number of nitrogens with one attached hydrogen (secondary N) is 2. The fourth-order valence-corrected chi connectivity index (χ4v) is 4.59. The molecule has 0 radical (unpaired) electrons. The number of rotatable bonds is 10. The molecule has 4 aromatic rings. The van der Waals surface area contributed by atoms with Gasteiger partial charge in [-0.15, -0.1) is 0 Å². The van der Waals surface area contributed by atoms with Gasteiger partial charge in [0.05, 0.1) is 18.4 Å². The number of nitrogens with zero attached hydrogens (tertiary/aromatic N) is 3. The van der Waals surface area contributed by atoms with Gasteiger partial charge in [-0.1, -0.05) is 54.6 Å². The normalized spacial score (nSPS) is 14.4. The number of anilines is 2. The van der Waals surface area contributed by atoms with E-state index in [4.69, 9.17) is 14.6 Å². The lowest BCUT2D eigenvalue weighted by atomic mass is 9.94. The Morgan fingerprint density at radius 3 is 2.67 bits per heavy atom. The van der Waals surface area contributed by atoms with Gasteiger partial charge in [0.15, 0.2) is 5.82 Å². The molecule has 2 heterocycles. The molecule has 0 saturated carbocycles. The van der Waals surface area contributed by atoms with Crippen molar-refractivity contribution in [2.45, 2.75) is 32.4 Å². The van der Waals surface area contributed by atoms with E-state index in [9.17, 15) is 9.90 Å². The zero-order valence-corrected chi connectivity index (χ0v) is 21.9. The van der Waals surface area contributed by atoms with Gasteiger partial charge in [0.25, 0.3) is 5.91 Å². The molecule has 0 saturated heterocycles. The summed E-state index contributed by atoms with van der Waals surface area (Å²) in [5, 5.41) is 20.3. The van der Waals surface area contributed by atoms with Crippen LogP contribution in [0.25, 0.3) is 0 Å². The van der Waals surface area contributed by atoms with Crippen LogP contribution in [0.1, 0.15) is 36.3 Å². The molecule has 1 atom stereocenters. The van der Waals surface area contributed by atoms with Crippen molar-refractivity contribution in [1.82, 2.24) is 14.8 Å². The number of benzene rings is 3. The Balaban J connectivity index is 1.51. The molecule has 0 bridgehead atoms. The number of hydrogen-bond acceptors (Lipinski definition) is 7. The number of methoxy groups -OCH3 is 1. The molecule has 3 N–H and O–H groups in total. The van der Waals surface area contributed by atoms with Crippen LogP contribution in [0.4, 0.5) is 11.6 Å². The van der Waals surface area contributed by atoms with Crippen molar-refractivity contribution in [1.29, 1.82) is 0 Å². The standard InChI is InChI=1S/C30H31N5O4/c1-20-27(29(37)32-24-14-6-7-15-25(24)38-2)28(35-30(31-20)33-26(34-35)16-9-17-36)22-12-8-13-23(18-22)39-19-21-10-4-3-5-11-21/h3-8,10-15,18,28,36H,9,16-17,19H2,1-2H3,(H,32,37)(H,31,33,34). The Morgan fingerprint density at radius 1 is 1.08 bits per heavy atom. The van der Waals surface area contributed by atoms with E-state index in [0.29, 0.717) is 59.7 Å². The number of carbonyl (C=O) groups excluding carboxylic acids is 1. The van der Waals surface area contributed by atoms with Gasteiger partial charge in [0.2, 0.25) is 5.95 Å². The average molecular weight is 526 g/mol. The fourth-order valence-electron chi connectivity index (χ4n) is 4.59. The number of aliphatic hydroxyl groups is 1. The molecule has 0 aliphatic carbocycles. The summed E-state index contributed by atoms with van der Waals surface area (Å²) in [5.41, 5.74) is 3.61. The number of aryl methyl sites for hydroxylation is 1. The lowest BCUT2D eigenvalue weighted by molar-refractivity contribution is -0.113. The van der Waals surface area contributed by atoms with Crippen LogP contribution in [0, 0.1) is 0 Å². The number of para-hydroxylation sites is 2. The summed E-state index contributed by atoms with van der Waals surface area (Å²) in [5.74, 6) is 2.08. The van der Waals surface area contributed by atoms with Gasteiger partial charge in [-0.2, -0.15) is 10.1 Å². The number of hydrogen-bond donors (Lipinski definition) is 3. The molecule has 200 valence electrons. The van der Waals surface area contributed by atoms with Crippen molar-refractivity contribution in [3.8, 4) is 11.5 Å². The van der Waals surface area contributed by atoms with Gasteiger partial charge < -0.3 is 25.2 Å². The summed E-state index contributed by atoms with van der Waals surface area (Å²) in [6, 6.07) is 24.4. The van der Waals surface area contributed by atoms with Crippen molar-refractivity contribution in [3.05, 3.63) is 107 Å². The number of aromatic nitrogens is 3. The van der Waals surface area contributed by atoms with Gasteiger partial charge in [-0.25, -0.2) is 4.68 Å². The maximum absolute atomic E-state index is 13.8. The monoisotopic (exact) mass is 525 g/mol. The van der Waals surface area contributed by atoms with Gasteiger partial charge in [-0.3, -0.25) is 4.79 Å². The lowest BCUT2D eigenvalue weighted by Gasteiger charge is -2.29. The number of ether oxygens (including phenoxy) is 2. The summed E-state index contributed by atoms with van der Waals surface area (Å²) in [6.45, 7) is 2.32. The molecule has 1 aromatic heterocycles. The second-order valence-corrected chi connectivity index (χ2v) is 9.19. The van der Waals surface area contributed by atoms with Crippen molar-refractivity contribution in [2.24, 2.45) is 0 Å². The van der Waals surface area contributed by atoms with Crippen molar-refractivity contribution >= 4 is 17.5 Å². The summed E-state index contributed by atoms with van der Waals surface area (Å²) in [6.07, 6.45) is 1.07. The summed E-state index contributed by atoms with van der Waals surface area (Å²) < 4.78 is 13.3. The smallest absolute Gasteiger partial charge is 0.255 e. The Hall–Kier alpha value is -4.63. The summed E-state index contributed by atoms with van der Waals surface area (Å²) >= 11 is 0. The molecular formula is C30H31N5O4. The van der Waals surface area contributed by atoms with E-state index in [0.717, 1.165) is 11.1 Å². The van der Waals surface area contributed by atoms with Gasteiger partial charge in [0, 0.05) is 18.7 Å². The van der Waals surface area contributed by atoms with E-state index in [2.05, 4.69) is 15.6 Å². The third-order valence-electron chi connectivity index (χ3n) is 6.48. The highest BCUT2D eigenvalue weighted by Gasteiger charge is 2.34. The minimum Gasteiger partial charge on any atom is -0.495 e. The van der Waals surface area contributed by atoms with Crippen LogP contribution in [-0.4, -0.2) is 39.5 Å². The first-order chi connectivity index (χ1) is 19.1. The van der Waals surface area contributed by atoms with Crippen LogP contribution in [0.2, 0.25) is 0 Å². The van der Waals surface area contributed by atoms with E-state index in [-0.39, 0.29) is 12.5 Å². The summed E-state index contributed by atoms with van der Waals surface area (Å²) in [7, 11) is 1.57. The predicted molar refractivity (Wildman–Crippen MR) is 149 cm³/mol. The number of allylic oxidation sites excluding steroid dienone is 1. The highest BCUT2D eigenvalue weighted by molar-refractivity contribution is 6.06. The SMILES string of the molecule is COc1ccccc1NC(=O)C1=C(C)Nc2nc(CCCO)nn2C1c1cccc(OCc2ccccc2)c1. The quantitative estimate of drug-likeness (QED) is 0.275. The van der Waals surface area contributed by atoms with E-state index >= 15 is 0 Å². The van der Waals surface area contributed by atoms with Gasteiger partial charge in [0.1, 0.15) is 24.1 Å². The first-order valence-electron chi connectivity index (χ1n) is 12.8. The average Bonchev–Trinajstić information content (AvgIpc) is 3.37. The predicted octanol–water partition coefficient (Wildman–Crippen LogP) is 4.72. The maximum atomic E-state index is 13.8. The Bertz CT molecular complexity index is 1480. The highest BCUT2D eigenvalue weighted by atomic mass is 16.5. The molecule has 1 aliphatic heterocycles. The summed E-state index contributed by atoms with van der Waals surface area (Å²) in [4.78, 5) is 18.5.